The summed E-state index contributed by atoms with van der Waals surface area (Å²) < 4.78 is 67.6. The SMILES string of the molecule is CCCCCCCCCCCCCCCCCCCCC(=O)O[C@H](COC(=O)CCCCCCCCCCCCCCCCC)COP(=O)(O)OC[C@@H](O)COP(=O)(O)OC[C@@H](COC(=O)CCCCCCC)OC(=O)CCCCCCC. The van der Waals surface area contributed by atoms with Crippen LogP contribution in [-0.2, 0) is 65.4 Å². The van der Waals surface area contributed by atoms with Gasteiger partial charge >= 0.3 is 39.5 Å². The highest BCUT2D eigenvalue weighted by molar-refractivity contribution is 7.47. The van der Waals surface area contributed by atoms with Gasteiger partial charge in [-0.25, -0.2) is 9.13 Å². The van der Waals surface area contributed by atoms with Gasteiger partial charge in [-0.2, -0.15) is 0 Å². The fourth-order valence-corrected chi connectivity index (χ4v) is 11.2. The third-order valence-electron chi connectivity index (χ3n) is 14.9. The molecule has 0 aromatic rings. The molecule has 2 unspecified atom stereocenters. The fraction of sp³-hybridized carbons (Fsp3) is 0.938. The lowest BCUT2D eigenvalue weighted by Crippen LogP contribution is -2.30. The van der Waals surface area contributed by atoms with Crippen molar-refractivity contribution in [2.75, 3.05) is 39.6 Å². The second-order valence-corrected chi connectivity index (χ2v) is 26.1. The van der Waals surface area contributed by atoms with Crippen molar-refractivity contribution in [3.8, 4) is 0 Å². The number of rotatable bonds is 65. The van der Waals surface area contributed by atoms with Gasteiger partial charge in [-0.15, -0.1) is 0 Å². The smallest absolute Gasteiger partial charge is 0.462 e. The van der Waals surface area contributed by atoms with Crippen LogP contribution in [0.2, 0.25) is 0 Å². The molecule has 0 rings (SSSR count). The van der Waals surface area contributed by atoms with E-state index < -0.39 is 97.5 Å². The molecule has 492 valence electrons. The monoisotopic (exact) mass is 1230 g/mol. The Balaban J connectivity index is 5.08. The summed E-state index contributed by atoms with van der Waals surface area (Å²) in [5.74, 6) is -2.15. The van der Waals surface area contributed by atoms with Crippen LogP contribution in [0.4, 0.5) is 0 Å². The van der Waals surface area contributed by atoms with Crippen molar-refractivity contribution in [1.29, 1.82) is 0 Å². The van der Waals surface area contributed by atoms with Crippen molar-refractivity contribution in [3.63, 3.8) is 0 Å². The maximum Gasteiger partial charge on any atom is 0.472 e. The van der Waals surface area contributed by atoms with E-state index in [-0.39, 0.29) is 25.7 Å². The predicted octanol–water partition coefficient (Wildman–Crippen LogP) is 17.9. The highest BCUT2D eigenvalue weighted by Crippen LogP contribution is 2.45. The maximum absolute atomic E-state index is 13.0. The summed E-state index contributed by atoms with van der Waals surface area (Å²) in [5.41, 5.74) is 0. The van der Waals surface area contributed by atoms with Crippen LogP contribution in [0.25, 0.3) is 0 Å². The standard InChI is InChI=1S/C64H124O17P2/c1-5-9-13-17-19-21-23-25-27-28-29-31-33-35-37-39-43-47-51-64(69)81-60(55-75-62(67)49-45-42-38-36-34-32-30-26-24-22-20-18-14-10-6-2)57-79-83(72,73)77-53-58(65)52-76-82(70,71)78-56-59(80-63(68)50-46-41-16-12-8-4)54-74-61(66)48-44-40-15-11-7-3/h58-60,65H,5-57H2,1-4H3,(H,70,71)(H,72,73)/t58-,59+,60+/m0/s1. The van der Waals surface area contributed by atoms with Crippen molar-refractivity contribution in [3.05, 3.63) is 0 Å². The number of hydrogen-bond acceptors (Lipinski definition) is 15. The number of aliphatic hydroxyl groups excluding tert-OH is 1. The molecule has 19 heteroatoms. The second kappa shape index (κ2) is 59.0. The van der Waals surface area contributed by atoms with Crippen LogP contribution in [0.5, 0.6) is 0 Å². The molecule has 0 fully saturated rings. The van der Waals surface area contributed by atoms with Gasteiger partial charge in [0.2, 0.25) is 0 Å². The first-order valence-electron chi connectivity index (χ1n) is 33.8. The van der Waals surface area contributed by atoms with Gasteiger partial charge in [0.15, 0.2) is 12.2 Å². The van der Waals surface area contributed by atoms with Crippen molar-refractivity contribution >= 4 is 39.5 Å². The molecular formula is C64H124O17P2. The molecule has 3 N–H and O–H groups in total. The number of hydrogen-bond donors (Lipinski definition) is 3. The Kier molecular flexibility index (Phi) is 57.7. The number of aliphatic hydroxyl groups is 1. The van der Waals surface area contributed by atoms with Crippen molar-refractivity contribution < 1.29 is 80.2 Å². The normalized spacial score (nSPS) is 14.2. The van der Waals surface area contributed by atoms with Gasteiger partial charge in [-0.05, 0) is 25.7 Å². The Morgan fingerprint density at radius 3 is 0.711 bits per heavy atom. The number of carbonyl (C=O) groups is 4. The molecule has 0 saturated heterocycles. The highest BCUT2D eigenvalue weighted by atomic mass is 31.2. The molecule has 0 heterocycles. The molecular weight excluding hydrogens is 1100 g/mol. The molecule has 0 aliphatic carbocycles. The van der Waals surface area contributed by atoms with Crippen LogP contribution >= 0.6 is 15.6 Å². The minimum atomic E-state index is -4.94. The fourth-order valence-electron chi connectivity index (χ4n) is 9.63. The maximum atomic E-state index is 13.0. The lowest BCUT2D eigenvalue weighted by molar-refractivity contribution is -0.161. The molecule has 0 aliphatic rings. The van der Waals surface area contributed by atoms with Gasteiger partial charge in [-0.3, -0.25) is 37.3 Å². The molecule has 0 saturated carbocycles. The summed E-state index contributed by atoms with van der Waals surface area (Å²) in [6.07, 6.45) is 45.3. The molecule has 83 heavy (non-hydrogen) atoms. The van der Waals surface area contributed by atoms with Crippen LogP contribution in [-0.4, -0.2) is 96.7 Å². The Hall–Kier alpha value is -1.94. The molecule has 0 amide bonds. The van der Waals surface area contributed by atoms with E-state index in [1.165, 1.54) is 154 Å². The van der Waals surface area contributed by atoms with Crippen LogP contribution in [0.15, 0.2) is 0 Å². The zero-order valence-electron chi connectivity index (χ0n) is 53.2. The summed E-state index contributed by atoms with van der Waals surface area (Å²) in [6.45, 7) is 4.72. The lowest BCUT2D eigenvalue weighted by Gasteiger charge is -2.21. The Bertz CT molecular complexity index is 1600. The molecule has 0 bridgehead atoms. The van der Waals surface area contributed by atoms with Crippen molar-refractivity contribution in [1.82, 2.24) is 0 Å². The third kappa shape index (κ3) is 58.8. The van der Waals surface area contributed by atoms with Crippen LogP contribution in [0.3, 0.4) is 0 Å². The average molecular weight is 1230 g/mol. The van der Waals surface area contributed by atoms with Gasteiger partial charge in [0, 0.05) is 25.7 Å². The number of phosphoric acid groups is 2. The van der Waals surface area contributed by atoms with Gasteiger partial charge in [0.05, 0.1) is 26.4 Å². The van der Waals surface area contributed by atoms with Gasteiger partial charge in [0.25, 0.3) is 0 Å². The third-order valence-corrected chi connectivity index (χ3v) is 16.8. The van der Waals surface area contributed by atoms with Crippen LogP contribution in [0.1, 0.15) is 329 Å². The van der Waals surface area contributed by atoms with E-state index in [0.717, 1.165) is 96.3 Å². The first kappa shape index (κ1) is 81.1. The van der Waals surface area contributed by atoms with Crippen molar-refractivity contribution in [2.24, 2.45) is 0 Å². The zero-order valence-corrected chi connectivity index (χ0v) is 54.9. The van der Waals surface area contributed by atoms with E-state index in [4.69, 9.17) is 37.0 Å². The summed E-state index contributed by atoms with van der Waals surface area (Å²) in [5, 5.41) is 10.5. The summed E-state index contributed by atoms with van der Waals surface area (Å²) in [4.78, 5) is 71.7. The largest absolute Gasteiger partial charge is 0.472 e. The Morgan fingerprint density at radius 1 is 0.289 bits per heavy atom. The molecule has 0 aliphatic heterocycles. The molecule has 17 nitrogen and oxygen atoms in total. The average Bonchev–Trinajstić information content (AvgIpc) is 3.50. The summed E-state index contributed by atoms with van der Waals surface area (Å²) in [6, 6.07) is 0. The van der Waals surface area contributed by atoms with E-state index >= 15 is 0 Å². The van der Waals surface area contributed by atoms with E-state index in [1.54, 1.807) is 0 Å². The Labute approximate surface area is 505 Å². The van der Waals surface area contributed by atoms with E-state index in [9.17, 15) is 43.2 Å². The first-order chi connectivity index (χ1) is 40.2. The van der Waals surface area contributed by atoms with E-state index in [1.807, 2.05) is 0 Å². The molecule has 0 aromatic carbocycles. The van der Waals surface area contributed by atoms with E-state index in [2.05, 4.69) is 27.7 Å². The number of phosphoric ester groups is 2. The summed E-state index contributed by atoms with van der Waals surface area (Å²) in [7, 11) is -9.86. The molecule has 0 aromatic heterocycles. The van der Waals surface area contributed by atoms with E-state index in [0.29, 0.717) is 25.7 Å². The minimum Gasteiger partial charge on any atom is -0.462 e. The first-order valence-corrected chi connectivity index (χ1v) is 36.8. The number of ether oxygens (including phenoxy) is 4. The van der Waals surface area contributed by atoms with Crippen LogP contribution in [0, 0.1) is 0 Å². The highest BCUT2D eigenvalue weighted by Gasteiger charge is 2.30. The lowest BCUT2D eigenvalue weighted by atomic mass is 10.0. The van der Waals surface area contributed by atoms with Crippen LogP contribution < -0.4 is 0 Å². The quantitative estimate of drug-likeness (QED) is 0.0222. The zero-order chi connectivity index (χ0) is 61.2. The second-order valence-electron chi connectivity index (χ2n) is 23.2. The predicted molar refractivity (Wildman–Crippen MR) is 331 cm³/mol. The molecule has 0 radical (unpaired) electrons. The number of unbranched alkanes of at least 4 members (excludes halogenated alkanes) is 39. The van der Waals surface area contributed by atoms with Gasteiger partial charge in [-0.1, -0.05) is 278 Å². The van der Waals surface area contributed by atoms with Gasteiger partial charge < -0.3 is 33.8 Å². The minimum absolute atomic E-state index is 0.0992. The summed E-state index contributed by atoms with van der Waals surface area (Å²) >= 11 is 0. The van der Waals surface area contributed by atoms with Gasteiger partial charge in [0.1, 0.15) is 19.3 Å². The number of carbonyl (C=O) groups excluding carboxylic acids is 4. The topological polar surface area (TPSA) is 237 Å². The van der Waals surface area contributed by atoms with Crippen molar-refractivity contribution in [2.45, 2.75) is 348 Å². The molecule has 5 atom stereocenters. The number of esters is 4. The molecule has 0 spiro atoms. The Morgan fingerprint density at radius 2 is 0.482 bits per heavy atom.